The maximum atomic E-state index is 15.2. The molecule has 280 valence electrons. The number of fused-ring (bicyclic) bond motifs is 1. The first-order chi connectivity index (χ1) is 24.1. The summed E-state index contributed by atoms with van der Waals surface area (Å²) in [5.74, 6) is -9.86. The van der Waals surface area contributed by atoms with Gasteiger partial charge in [0.15, 0.2) is 0 Å². The molecule has 3 saturated carbocycles. The van der Waals surface area contributed by atoms with Crippen LogP contribution in [0, 0.1) is 23.2 Å². The molecule has 0 radical (unpaired) electrons. The van der Waals surface area contributed by atoms with Gasteiger partial charge in [0.25, 0.3) is 17.7 Å². The third kappa shape index (κ3) is 8.89. The van der Waals surface area contributed by atoms with Gasteiger partial charge in [-0.3, -0.25) is 33.8 Å². The van der Waals surface area contributed by atoms with Gasteiger partial charge in [0.05, 0.1) is 12.2 Å². The molecule has 4 fully saturated rings. The molecule has 1 saturated heterocycles. The smallest absolute Gasteiger partial charge is 0.289 e. The molecule has 6 atom stereocenters. The zero-order valence-electron chi connectivity index (χ0n) is 29.9. The standard InChI is InChI=1S/C36H51F2N7O6/c1-5-9-24(28(46)33(50)41-21-12-13-21)42-32(49)27-22-14-15-36(37,38)23(22)19-45(27)34(51)29(35(2,3)4)44-31(48)26(20-10-7-6-8-11-20)43-30(47)25-18-39-16-17-40-25/h16-18,20-24,26-27,29H,5-15,19H2,1-4H3,(H,41,50)(H,42,49)(H,43,47)(H,44,48)/t22?,23?,24-,26-,27-,29+/m0/s1. The van der Waals surface area contributed by atoms with Crippen LogP contribution in [0.2, 0.25) is 0 Å². The minimum Gasteiger partial charge on any atom is -0.347 e. The van der Waals surface area contributed by atoms with Gasteiger partial charge in [-0.25, -0.2) is 13.8 Å². The SMILES string of the molecule is CCC[C@H](NC(=O)[C@@H]1C2CCC(F)(F)C2CN1C(=O)[C@@H](NC(=O)[C@@H](NC(=O)c1cnccn1)C1CCCCC1)C(C)(C)C)C(=O)C(=O)NC1CC1. The van der Waals surface area contributed by atoms with Crippen LogP contribution >= 0.6 is 0 Å². The fourth-order valence-corrected chi connectivity index (χ4v) is 7.83. The summed E-state index contributed by atoms with van der Waals surface area (Å²) in [6, 6.07) is -4.88. The Bertz CT molecular complexity index is 1480. The molecule has 15 heteroatoms. The van der Waals surface area contributed by atoms with Crippen LogP contribution in [0.5, 0.6) is 0 Å². The van der Waals surface area contributed by atoms with Gasteiger partial charge in [0.1, 0.15) is 23.8 Å². The van der Waals surface area contributed by atoms with Gasteiger partial charge in [-0.15, -0.1) is 0 Å². The van der Waals surface area contributed by atoms with Crippen LogP contribution in [0.1, 0.15) is 109 Å². The second-order valence-corrected chi connectivity index (χ2v) is 15.7. The Labute approximate surface area is 297 Å². The number of amides is 5. The zero-order valence-corrected chi connectivity index (χ0v) is 29.9. The van der Waals surface area contributed by atoms with Crippen LogP contribution in [0.15, 0.2) is 18.6 Å². The highest BCUT2D eigenvalue weighted by atomic mass is 19.3. The number of hydrogen-bond donors (Lipinski definition) is 4. The highest BCUT2D eigenvalue weighted by molar-refractivity contribution is 6.38. The lowest BCUT2D eigenvalue weighted by Crippen LogP contribution is -2.62. The fraction of sp³-hybridized carbons (Fsp3) is 0.722. The average Bonchev–Trinajstić information content (AvgIpc) is 3.74. The van der Waals surface area contributed by atoms with Crippen LogP contribution in [0.4, 0.5) is 8.78 Å². The summed E-state index contributed by atoms with van der Waals surface area (Å²) in [5, 5.41) is 10.9. The zero-order chi connectivity index (χ0) is 37.1. The van der Waals surface area contributed by atoms with Crippen LogP contribution in [0.25, 0.3) is 0 Å². The number of carbonyl (C=O) groups excluding carboxylic acids is 6. The number of ketones is 1. The first kappa shape index (κ1) is 38.2. The molecule has 1 aromatic rings. The number of carbonyl (C=O) groups is 6. The largest absolute Gasteiger partial charge is 0.347 e. The first-order valence-corrected chi connectivity index (χ1v) is 18.3. The van der Waals surface area contributed by atoms with Gasteiger partial charge in [-0.1, -0.05) is 53.4 Å². The Morgan fingerprint density at radius 2 is 1.67 bits per heavy atom. The molecule has 0 aromatic carbocycles. The molecule has 2 unspecified atom stereocenters. The Morgan fingerprint density at radius 1 is 0.961 bits per heavy atom. The highest BCUT2D eigenvalue weighted by Crippen LogP contribution is 2.51. The summed E-state index contributed by atoms with van der Waals surface area (Å²) < 4.78 is 30.5. The van der Waals surface area contributed by atoms with Crippen LogP contribution in [-0.2, 0) is 24.0 Å². The summed E-state index contributed by atoms with van der Waals surface area (Å²) in [7, 11) is 0. The normalized spacial score (nSPS) is 24.8. The number of nitrogens with zero attached hydrogens (tertiary/aromatic N) is 3. The molecule has 1 aromatic heterocycles. The number of alkyl halides is 2. The second-order valence-electron chi connectivity index (χ2n) is 15.7. The molecule has 4 aliphatic rings. The third-order valence-electron chi connectivity index (χ3n) is 10.8. The van der Waals surface area contributed by atoms with Crippen LogP contribution < -0.4 is 21.3 Å². The molecule has 1 aliphatic heterocycles. The van der Waals surface area contributed by atoms with Gasteiger partial charge in [-0.05, 0) is 55.8 Å². The fourth-order valence-electron chi connectivity index (χ4n) is 7.83. The monoisotopic (exact) mass is 715 g/mol. The summed E-state index contributed by atoms with van der Waals surface area (Å²) in [6.45, 7) is 6.54. The summed E-state index contributed by atoms with van der Waals surface area (Å²) in [5.41, 5.74) is -0.917. The second kappa shape index (κ2) is 15.7. The van der Waals surface area contributed by atoms with Crippen molar-refractivity contribution in [2.45, 2.75) is 134 Å². The number of Topliss-reactive ketones (excluding diaryl/α,β-unsaturated/α-hetero) is 1. The van der Waals surface area contributed by atoms with Crippen molar-refractivity contribution in [3.8, 4) is 0 Å². The molecule has 0 spiro atoms. The van der Waals surface area contributed by atoms with E-state index >= 15 is 8.78 Å². The van der Waals surface area contributed by atoms with Crippen molar-refractivity contribution in [1.82, 2.24) is 36.1 Å². The van der Waals surface area contributed by atoms with Gasteiger partial charge >= 0.3 is 0 Å². The van der Waals surface area contributed by atoms with Crippen molar-refractivity contribution in [3.63, 3.8) is 0 Å². The van der Waals surface area contributed by atoms with E-state index in [1.54, 1.807) is 27.7 Å². The van der Waals surface area contributed by atoms with Gasteiger partial charge in [0, 0.05) is 37.3 Å². The van der Waals surface area contributed by atoms with E-state index in [0.717, 1.165) is 37.0 Å². The third-order valence-corrected chi connectivity index (χ3v) is 10.8. The molecular weight excluding hydrogens is 664 g/mol. The van der Waals surface area contributed by atoms with Crippen molar-refractivity contribution in [3.05, 3.63) is 24.3 Å². The van der Waals surface area contributed by atoms with E-state index in [4.69, 9.17) is 0 Å². The Kier molecular flexibility index (Phi) is 11.7. The molecular formula is C36H51F2N7O6. The number of likely N-dealkylation sites (tertiary alicyclic amines) is 1. The van der Waals surface area contributed by atoms with E-state index in [1.807, 2.05) is 0 Å². The van der Waals surface area contributed by atoms with E-state index in [1.165, 1.54) is 18.6 Å². The number of nitrogens with one attached hydrogen (secondary N) is 4. The molecule has 4 N–H and O–H groups in total. The van der Waals surface area contributed by atoms with E-state index in [-0.39, 0.29) is 30.5 Å². The minimum atomic E-state index is -3.13. The van der Waals surface area contributed by atoms with Crippen molar-refractivity contribution in [2.24, 2.45) is 23.2 Å². The van der Waals surface area contributed by atoms with Crippen molar-refractivity contribution in [1.29, 1.82) is 0 Å². The molecule has 0 bridgehead atoms. The lowest BCUT2D eigenvalue weighted by molar-refractivity contribution is -0.146. The molecule has 2 heterocycles. The van der Waals surface area contributed by atoms with Gasteiger partial charge < -0.3 is 26.2 Å². The molecule has 13 nitrogen and oxygen atoms in total. The summed E-state index contributed by atoms with van der Waals surface area (Å²) in [4.78, 5) is 90.7. The predicted molar refractivity (Wildman–Crippen MR) is 181 cm³/mol. The van der Waals surface area contributed by atoms with Gasteiger partial charge in [0.2, 0.25) is 23.5 Å². The quantitative estimate of drug-likeness (QED) is 0.225. The highest BCUT2D eigenvalue weighted by Gasteiger charge is 2.61. The molecule has 3 aliphatic carbocycles. The average molecular weight is 716 g/mol. The Hall–Kier alpha value is -4.04. The molecule has 5 amide bonds. The maximum absolute atomic E-state index is 15.2. The van der Waals surface area contributed by atoms with E-state index < -0.39 is 95.6 Å². The van der Waals surface area contributed by atoms with Crippen LogP contribution in [0.3, 0.4) is 0 Å². The van der Waals surface area contributed by atoms with Crippen molar-refractivity contribution in [2.75, 3.05) is 6.54 Å². The Morgan fingerprint density at radius 3 is 2.27 bits per heavy atom. The van der Waals surface area contributed by atoms with Crippen molar-refractivity contribution >= 4 is 35.3 Å². The minimum absolute atomic E-state index is 0.0151. The maximum Gasteiger partial charge on any atom is 0.289 e. The number of hydrogen-bond acceptors (Lipinski definition) is 8. The summed E-state index contributed by atoms with van der Waals surface area (Å²) >= 11 is 0. The molecule has 51 heavy (non-hydrogen) atoms. The lowest BCUT2D eigenvalue weighted by Gasteiger charge is -2.38. The number of aromatic nitrogens is 2. The van der Waals surface area contributed by atoms with E-state index in [2.05, 4.69) is 31.2 Å². The molecule has 5 rings (SSSR count). The number of halogens is 2. The topological polar surface area (TPSA) is 180 Å². The van der Waals surface area contributed by atoms with Gasteiger partial charge in [-0.2, -0.15) is 0 Å². The van der Waals surface area contributed by atoms with Crippen molar-refractivity contribution < 1.29 is 37.5 Å². The summed E-state index contributed by atoms with van der Waals surface area (Å²) in [6.07, 6.45) is 9.83. The van der Waals surface area contributed by atoms with E-state index in [9.17, 15) is 28.8 Å². The van der Waals surface area contributed by atoms with Crippen LogP contribution in [-0.4, -0.2) is 92.9 Å². The lowest BCUT2D eigenvalue weighted by atomic mass is 9.82. The van der Waals surface area contributed by atoms with E-state index in [0.29, 0.717) is 19.3 Å². The first-order valence-electron chi connectivity index (χ1n) is 18.3. The Balaban J connectivity index is 1.39. The predicted octanol–water partition coefficient (Wildman–Crippen LogP) is 2.69. The number of rotatable bonds is 13.